The number of carbonyl (C=O) groups excluding carboxylic acids is 2. The van der Waals surface area contributed by atoms with Crippen molar-refractivity contribution in [3.63, 3.8) is 0 Å². The molecule has 4 aromatic carbocycles. The lowest BCUT2D eigenvalue weighted by Crippen LogP contribution is -2.61. The number of benzene rings is 4. The molecule has 0 radical (unpaired) electrons. The zero-order chi connectivity index (χ0) is 38.6. The van der Waals surface area contributed by atoms with Gasteiger partial charge in [0.2, 0.25) is 0 Å². The molecule has 0 amide bonds. The van der Waals surface area contributed by atoms with Crippen molar-refractivity contribution in [3.05, 3.63) is 143 Å². The minimum absolute atomic E-state index is 0.0538. The van der Waals surface area contributed by atoms with Crippen molar-refractivity contribution in [3.8, 4) is 0 Å². The summed E-state index contributed by atoms with van der Waals surface area (Å²) in [5.41, 5.74) is 2.90. The van der Waals surface area contributed by atoms with Crippen LogP contribution in [0.1, 0.15) is 60.4 Å². The highest BCUT2D eigenvalue weighted by molar-refractivity contribution is 5.95. The Kier molecular flexibility index (Phi) is 14.2. The van der Waals surface area contributed by atoms with Gasteiger partial charge in [-0.25, -0.2) is 0 Å². The second-order valence-electron chi connectivity index (χ2n) is 14.3. The van der Waals surface area contributed by atoms with Gasteiger partial charge in [0.1, 0.15) is 23.9 Å². The van der Waals surface area contributed by atoms with Gasteiger partial charge in [0, 0.05) is 0 Å². The smallest absolute Gasteiger partial charge is 0.320 e. The monoisotopic (exact) mass is 752 g/mol. The van der Waals surface area contributed by atoms with Crippen LogP contribution < -0.4 is 0 Å². The van der Waals surface area contributed by atoms with Gasteiger partial charge in [0.05, 0.1) is 46.2 Å². The third-order valence-corrected chi connectivity index (χ3v) is 10.5. The van der Waals surface area contributed by atoms with Gasteiger partial charge in [-0.05, 0) is 54.0 Å². The van der Waals surface area contributed by atoms with Crippen LogP contribution in [0.3, 0.4) is 0 Å². The number of hydrogen-bond acceptors (Lipinski definition) is 10. The van der Waals surface area contributed by atoms with E-state index < -0.39 is 60.3 Å². The molecule has 1 saturated heterocycles. The van der Waals surface area contributed by atoms with Gasteiger partial charge in [-0.2, -0.15) is 0 Å². The predicted octanol–water partition coefficient (Wildman–Crippen LogP) is 6.84. The maximum Gasteiger partial charge on any atom is 0.320 e. The lowest BCUT2D eigenvalue weighted by molar-refractivity contribution is -0.341. The molecule has 1 N–H and O–H groups in total. The average molecular weight is 753 g/mol. The Morgan fingerprint density at radius 1 is 0.691 bits per heavy atom. The first-order valence-electron chi connectivity index (χ1n) is 19.0. The van der Waals surface area contributed by atoms with Gasteiger partial charge in [-0.15, -0.1) is 0 Å². The van der Waals surface area contributed by atoms with Crippen LogP contribution in [-0.4, -0.2) is 68.1 Å². The van der Waals surface area contributed by atoms with E-state index in [1.165, 1.54) is 14.2 Å². The second kappa shape index (κ2) is 19.4. The largest absolute Gasteiger partial charge is 0.468 e. The molecule has 0 unspecified atom stereocenters. The van der Waals surface area contributed by atoms with Gasteiger partial charge in [0.25, 0.3) is 0 Å². The zero-order valence-electron chi connectivity index (χ0n) is 31.8. The highest BCUT2D eigenvalue weighted by atomic mass is 16.7. The molecule has 1 aliphatic heterocycles. The third kappa shape index (κ3) is 10.3. The predicted molar refractivity (Wildman–Crippen MR) is 204 cm³/mol. The summed E-state index contributed by atoms with van der Waals surface area (Å²) in [5, 5.41) is 12.6. The van der Waals surface area contributed by atoms with E-state index >= 15 is 0 Å². The van der Waals surface area contributed by atoms with Crippen LogP contribution in [0.4, 0.5) is 0 Å². The third-order valence-electron chi connectivity index (χ3n) is 10.5. The molecule has 6 rings (SSSR count). The summed E-state index contributed by atoms with van der Waals surface area (Å²) in [5.74, 6) is -2.51. The van der Waals surface area contributed by atoms with Crippen LogP contribution in [0.25, 0.3) is 0 Å². The number of methoxy groups -OCH3 is 2. The minimum Gasteiger partial charge on any atom is -0.468 e. The molecule has 7 atom stereocenters. The maximum absolute atomic E-state index is 12.6. The number of esters is 2. The summed E-state index contributed by atoms with van der Waals surface area (Å²) >= 11 is 0. The Labute approximate surface area is 323 Å². The summed E-state index contributed by atoms with van der Waals surface area (Å²) < 4.78 is 43.5. The Bertz CT molecular complexity index is 1770. The number of rotatable bonds is 16. The molecule has 0 bridgehead atoms. The average Bonchev–Trinajstić information content (AvgIpc) is 3.22. The van der Waals surface area contributed by atoms with E-state index in [9.17, 15) is 14.7 Å². The highest BCUT2D eigenvalue weighted by Crippen LogP contribution is 2.42. The van der Waals surface area contributed by atoms with Crippen molar-refractivity contribution in [1.82, 2.24) is 0 Å². The Morgan fingerprint density at radius 3 is 1.75 bits per heavy atom. The van der Waals surface area contributed by atoms with Crippen molar-refractivity contribution in [2.24, 2.45) is 5.92 Å². The normalized spacial score (nSPS) is 25.3. The van der Waals surface area contributed by atoms with E-state index in [1.807, 2.05) is 122 Å². The number of carbonyl (C=O) groups is 2. The van der Waals surface area contributed by atoms with Crippen molar-refractivity contribution in [1.29, 1.82) is 0 Å². The summed E-state index contributed by atoms with van der Waals surface area (Å²) in [7, 11) is 2.47. The van der Waals surface area contributed by atoms with E-state index in [-0.39, 0.29) is 13.0 Å². The first-order chi connectivity index (χ1) is 26.8. The fourth-order valence-electron chi connectivity index (χ4n) is 7.53. The van der Waals surface area contributed by atoms with E-state index in [0.717, 1.165) is 29.5 Å². The Morgan fingerprint density at radius 2 is 1.20 bits per heavy atom. The lowest BCUT2D eigenvalue weighted by atomic mass is 9.76. The van der Waals surface area contributed by atoms with Crippen LogP contribution >= 0.6 is 0 Å². The van der Waals surface area contributed by atoms with Gasteiger partial charge in [-0.3, -0.25) is 9.59 Å². The van der Waals surface area contributed by atoms with Crippen LogP contribution in [0, 0.1) is 5.92 Å². The van der Waals surface area contributed by atoms with Crippen LogP contribution in [0.2, 0.25) is 0 Å². The maximum atomic E-state index is 12.6. The molecule has 2 fully saturated rings. The quantitative estimate of drug-likeness (QED) is 0.0963. The Hall–Kier alpha value is -4.42. The molecule has 55 heavy (non-hydrogen) atoms. The van der Waals surface area contributed by atoms with E-state index in [0.29, 0.717) is 37.2 Å². The van der Waals surface area contributed by atoms with Crippen molar-refractivity contribution in [2.75, 3.05) is 14.2 Å². The van der Waals surface area contributed by atoms with Crippen molar-refractivity contribution in [2.45, 2.75) is 101 Å². The summed E-state index contributed by atoms with van der Waals surface area (Å²) in [6, 6.07) is 37.2. The lowest BCUT2D eigenvalue weighted by Gasteiger charge is -2.48. The fraction of sp³-hybridized carbons (Fsp3) is 0.422. The van der Waals surface area contributed by atoms with E-state index in [4.69, 9.17) is 33.2 Å². The van der Waals surface area contributed by atoms with Crippen molar-refractivity contribution < 1.29 is 47.9 Å². The summed E-state index contributed by atoms with van der Waals surface area (Å²) in [6.07, 6.45) is -1.22. The minimum atomic E-state index is -1.40. The molecule has 0 spiro atoms. The number of hydrogen-bond donors (Lipinski definition) is 1. The van der Waals surface area contributed by atoms with E-state index in [2.05, 4.69) is 0 Å². The standard InChI is InChI=1S/C45H52O10/c1-31-39(51-28-32-16-7-4-8-17-32)40(52-29-33-18-9-5-10-19-33)41(53-30-34-20-11-6-12-21-34)44(54-31)55-38-24-13-14-25-45(38,48)36-23-15-22-35(26-36)27-37(42(46)49-2)43(47)50-3/h4-12,15-23,26,31,37-41,44,48H,13-14,24-25,27-30H2,1-3H3/t31-,38+,39+,40+,41-,44-,45+/m0/s1. The molecule has 1 saturated carbocycles. The van der Waals surface area contributed by atoms with Crippen LogP contribution in [0.15, 0.2) is 115 Å². The van der Waals surface area contributed by atoms with Gasteiger partial charge < -0.3 is 38.3 Å². The van der Waals surface area contributed by atoms with Crippen LogP contribution in [-0.2, 0) is 74.6 Å². The fourth-order valence-corrected chi connectivity index (χ4v) is 7.53. The molecule has 10 heteroatoms. The zero-order valence-corrected chi connectivity index (χ0v) is 31.8. The summed E-state index contributed by atoms with van der Waals surface area (Å²) in [6.45, 7) is 2.90. The second-order valence-corrected chi connectivity index (χ2v) is 14.3. The van der Waals surface area contributed by atoms with E-state index in [1.54, 1.807) is 0 Å². The highest BCUT2D eigenvalue weighted by Gasteiger charge is 2.51. The van der Waals surface area contributed by atoms with Crippen LogP contribution in [0.5, 0.6) is 0 Å². The molecule has 4 aromatic rings. The first kappa shape index (κ1) is 40.2. The van der Waals surface area contributed by atoms with Gasteiger partial charge in [0.15, 0.2) is 12.2 Å². The number of aliphatic hydroxyl groups is 1. The van der Waals surface area contributed by atoms with Gasteiger partial charge >= 0.3 is 11.9 Å². The molecular weight excluding hydrogens is 700 g/mol. The molecule has 10 nitrogen and oxygen atoms in total. The Balaban J connectivity index is 1.30. The SMILES string of the molecule is COC(=O)C(Cc1cccc([C@]2(O)CCCC[C@H]2O[C@@H]2O[C@@H](C)[C@@H](OCc3ccccc3)[C@@H](OCc3ccccc3)[C@@H]2OCc2ccccc2)c1)C(=O)OC. The topological polar surface area (TPSA) is 119 Å². The molecule has 1 aliphatic carbocycles. The summed E-state index contributed by atoms with van der Waals surface area (Å²) in [4.78, 5) is 25.0. The molecule has 1 heterocycles. The molecular formula is C45H52O10. The molecule has 2 aliphatic rings. The number of ether oxygens (including phenoxy) is 7. The molecule has 292 valence electrons. The van der Waals surface area contributed by atoms with Crippen molar-refractivity contribution >= 4 is 11.9 Å². The van der Waals surface area contributed by atoms with Gasteiger partial charge in [-0.1, -0.05) is 128 Å². The molecule has 0 aromatic heterocycles. The first-order valence-corrected chi connectivity index (χ1v) is 19.0.